The van der Waals surface area contributed by atoms with Gasteiger partial charge in [-0.1, -0.05) is 0 Å². The summed E-state index contributed by atoms with van der Waals surface area (Å²) in [7, 11) is 1.67. The SMILES string of the molecule is COc1cc(C)c2[nH]ccc2c1C[N+]1=C(c2ccc(C(=O)O)cc2)CC(NC2CC(F)(F)C2)=CC1. The molecule has 1 aromatic heterocycles. The molecule has 1 fully saturated rings. The van der Waals surface area contributed by atoms with Crippen molar-refractivity contribution in [1.29, 1.82) is 0 Å². The van der Waals surface area contributed by atoms with Crippen LogP contribution < -0.4 is 10.1 Å². The number of aromatic amines is 1. The molecule has 0 radical (unpaired) electrons. The van der Waals surface area contributed by atoms with Crippen molar-refractivity contribution in [1.82, 2.24) is 10.3 Å². The number of allylic oxidation sites excluding steroid dienone is 1. The van der Waals surface area contributed by atoms with Crippen LogP contribution in [0.3, 0.4) is 0 Å². The molecule has 0 atom stereocenters. The van der Waals surface area contributed by atoms with E-state index in [9.17, 15) is 18.7 Å². The Morgan fingerprint density at radius 3 is 2.66 bits per heavy atom. The Hall–Kier alpha value is -3.68. The number of nitrogens with one attached hydrogen (secondary N) is 2. The number of benzene rings is 2. The van der Waals surface area contributed by atoms with Gasteiger partial charge in [-0.15, -0.1) is 0 Å². The summed E-state index contributed by atoms with van der Waals surface area (Å²) in [5, 5.41) is 13.7. The predicted octanol–water partition coefficient (Wildman–Crippen LogP) is 4.86. The molecule has 2 aliphatic rings. The fourth-order valence-corrected chi connectivity index (χ4v) is 5.05. The number of aryl methyl sites for hydroxylation is 1. The van der Waals surface area contributed by atoms with Gasteiger partial charge in [0.05, 0.1) is 24.7 Å². The molecule has 5 rings (SSSR count). The van der Waals surface area contributed by atoms with Crippen LogP contribution >= 0.6 is 0 Å². The molecule has 0 amide bonds. The lowest BCUT2D eigenvalue weighted by Gasteiger charge is -2.37. The van der Waals surface area contributed by atoms with Gasteiger partial charge in [-0.25, -0.2) is 18.2 Å². The molecule has 0 bridgehead atoms. The molecule has 1 saturated carbocycles. The molecule has 2 aromatic carbocycles. The number of fused-ring (bicyclic) bond motifs is 1. The van der Waals surface area contributed by atoms with Gasteiger partial charge in [0.15, 0.2) is 18.8 Å². The largest absolute Gasteiger partial charge is 0.496 e. The van der Waals surface area contributed by atoms with E-state index in [0.717, 1.165) is 44.8 Å². The van der Waals surface area contributed by atoms with Crippen molar-refractivity contribution in [3.8, 4) is 5.75 Å². The number of halogens is 2. The maximum atomic E-state index is 13.4. The number of carboxylic acids is 1. The van der Waals surface area contributed by atoms with E-state index >= 15 is 0 Å². The molecule has 182 valence electrons. The van der Waals surface area contributed by atoms with Crippen molar-refractivity contribution in [2.45, 2.75) is 44.7 Å². The lowest BCUT2D eigenvalue weighted by atomic mass is 9.87. The van der Waals surface area contributed by atoms with Crippen LogP contribution in [-0.2, 0) is 6.54 Å². The Bertz CT molecular complexity index is 1350. The van der Waals surface area contributed by atoms with Crippen LogP contribution in [-0.4, -0.2) is 52.0 Å². The summed E-state index contributed by atoms with van der Waals surface area (Å²) in [4.78, 5) is 14.6. The van der Waals surface area contributed by atoms with Gasteiger partial charge in [0.1, 0.15) is 5.75 Å². The Balaban J connectivity index is 1.50. The van der Waals surface area contributed by atoms with Crippen LogP contribution in [0.5, 0.6) is 5.75 Å². The van der Waals surface area contributed by atoms with E-state index in [0.29, 0.717) is 19.5 Å². The first-order valence-corrected chi connectivity index (χ1v) is 11.7. The third-order valence-electron chi connectivity index (χ3n) is 6.92. The van der Waals surface area contributed by atoms with Crippen molar-refractivity contribution in [3.05, 3.63) is 76.6 Å². The first-order chi connectivity index (χ1) is 16.7. The molecule has 0 spiro atoms. The Kier molecular flexibility index (Phi) is 5.83. The molecule has 8 heteroatoms. The topological polar surface area (TPSA) is 77.4 Å². The summed E-state index contributed by atoms with van der Waals surface area (Å²) >= 11 is 0. The fourth-order valence-electron chi connectivity index (χ4n) is 5.05. The molecule has 6 nitrogen and oxygen atoms in total. The molecule has 1 aliphatic carbocycles. The average molecular weight is 481 g/mol. The van der Waals surface area contributed by atoms with Gasteiger partial charge in [0.25, 0.3) is 5.92 Å². The lowest BCUT2D eigenvalue weighted by Crippen LogP contribution is -2.48. The van der Waals surface area contributed by atoms with Gasteiger partial charge < -0.3 is 20.1 Å². The first-order valence-electron chi connectivity index (χ1n) is 11.7. The number of alkyl halides is 2. The average Bonchev–Trinajstić information content (AvgIpc) is 3.31. The highest BCUT2D eigenvalue weighted by atomic mass is 19.3. The first kappa shape index (κ1) is 23.1. The standard InChI is InChI=1S/C27H27F2N3O3/c1-16-11-24(35-2)22(21-7-9-30-25(16)21)15-32-10-8-19(31-20-13-27(28,29)14-20)12-23(32)17-3-5-18(6-4-17)26(33)34/h3-9,11,20,30-31H,10,12-15H2,1-2H3/p+1. The third-order valence-corrected chi connectivity index (χ3v) is 6.92. The number of rotatable bonds is 7. The van der Waals surface area contributed by atoms with Crippen molar-refractivity contribution in [3.63, 3.8) is 0 Å². The van der Waals surface area contributed by atoms with Crippen LogP contribution in [0.2, 0.25) is 0 Å². The number of hydrogen-bond acceptors (Lipinski definition) is 3. The third kappa shape index (κ3) is 4.52. The van der Waals surface area contributed by atoms with Crippen molar-refractivity contribution < 1.29 is 28.0 Å². The number of ether oxygens (including phenoxy) is 1. The summed E-state index contributed by atoms with van der Waals surface area (Å²) in [5.74, 6) is -2.75. The molecular weight excluding hydrogens is 452 g/mol. The zero-order valence-electron chi connectivity index (χ0n) is 19.7. The zero-order chi connectivity index (χ0) is 24.7. The van der Waals surface area contributed by atoms with Crippen molar-refractivity contribution in [2.24, 2.45) is 0 Å². The number of methoxy groups -OCH3 is 1. The van der Waals surface area contributed by atoms with Crippen molar-refractivity contribution >= 4 is 22.6 Å². The van der Waals surface area contributed by atoms with Crippen LogP contribution in [0.25, 0.3) is 10.9 Å². The number of hydrogen-bond donors (Lipinski definition) is 3. The molecule has 35 heavy (non-hydrogen) atoms. The highest BCUT2D eigenvalue weighted by Crippen LogP contribution is 2.38. The predicted molar refractivity (Wildman–Crippen MR) is 130 cm³/mol. The summed E-state index contributed by atoms with van der Waals surface area (Å²) < 4.78 is 34.7. The second-order valence-corrected chi connectivity index (χ2v) is 9.36. The maximum Gasteiger partial charge on any atom is 0.335 e. The number of aromatic carboxylic acids is 1. The van der Waals surface area contributed by atoms with Crippen LogP contribution in [0.1, 0.15) is 46.3 Å². The summed E-state index contributed by atoms with van der Waals surface area (Å²) in [6.07, 6.45) is 4.22. The van der Waals surface area contributed by atoms with E-state index in [1.807, 2.05) is 37.4 Å². The van der Waals surface area contributed by atoms with Gasteiger partial charge in [-0.2, -0.15) is 0 Å². The summed E-state index contributed by atoms with van der Waals surface area (Å²) in [6.45, 7) is 3.21. The normalized spacial score (nSPS) is 17.8. The minimum atomic E-state index is -2.58. The van der Waals surface area contributed by atoms with E-state index in [1.54, 1.807) is 19.2 Å². The van der Waals surface area contributed by atoms with Crippen LogP contribution in [0.15, 0.2) is 54.4 Å². The molecule has 0 saturated heterocycles. The lowest BCUT2D eigenvalue weighted by molar-refractivity contribution is -0.535. The number of carboxylic acid groups (broad SMARTS) is 1. The fraction of sp³-hybridized carbons (Fsp3) is 0.333. The molecule has 2 heterocycles. The van der Waals surface area contributed by atoms with E-state index in [2.05, 4.69) is 21.0 Å². The highest BCUT2D eigenvalue weighted by molar-refractivity contribution is 5.99. The van der Waals surface area contributed by atoms with Gasteiger partial charge in [0, 0.05) is 47.2 Å². The van der Waals surface area contributed by atoms with Gasteiger partial charge in [0.2, 0.25) is 0 Å². The van der Waals surface area contributed by atoms with E-state index in [1.165, 1.54) is 0 Å². The van der Waals surface area contributed by atoms with E-state index in [-0.39, 0.29) is 24.4 Å². The summed E-state index contributed by atoms with van der Waals surface area (Å²) in [6, 6.07) is 10.7. The maximum absolute atomic E-state index is 13.4. The number of aromatic nitrogens is 1. The monoisotopic (exact) mass is 480 g/mol. The number of H-pyrrole nitrogens is 1. The number of carbonyl (C=O) groups is 1. The van der Waals surface area contributed by atoms with Gasteiger partial charge in [-0.3, -0.25) is 0 Å². The smallest absolute Gasteiger partial charge is 0.335 e. The minimum absolute atomic E-state index is 0.150. The Morgan fingerprint density at radius 1 is 1.26 bits per heavy atom. The highest BCUT2D eigenvalue weighted by Gasteiger charge is 2.45. The molecule has 0 unspecified atom stereocenters. The van der Waals surface area contributed by atoms with Gasteiger partial charge >= 0.3 is 5.97 Å². The van der Waals surface area contributed by atoms with E-state index < -0.39 is 11.9 Å². The quantitative estimate of drug-likeness (QED) is 0.422. The van der Waals surface area contributed by atoms with Crippen LogP contribution in [0, 0.1) is 6.92 Å². The Labute approximate surface area is 201 Å². The molecule has 1 aliphatic heterocycles. The van der Waals surface area contributed by atoms with Gasteiger partial charge in [-0.05, 0) is 55.0 Å². The van der Waals surface area contributed by atoms with Crippen LogP contribution in [0.4, 0.5) is 8.78 Å². The summed E-state index contributed by atoms with van der Waals surface area (Å²) in [5.41, 5.74) is 6.26. The molecule has 3 aromatic rings. The molecular formula is C27H28F2N3O3+. The van der Waals surface area contributed by atoms with Crippen molar-refractivity contribution in [2.75, 3.05) is 13.7 Å². The zero-order valence-corrected chi connectivity index (χ0v) is 19.7. The molecule has 3 N–H and O–H groups in total. The second kappa shape index (κ2) is 8.83. The minimum Gasteiger partial charge on any atom is -0.496 e. The van der Waals surface area contributed by atoms with E-state index in [4.69, 9.17) is 4.74 Å². The Morgan fingerprint density at radius 2 is 2.00 bits per heavy atom. The number of nitrogens with zero attached hydrogens (tertiary/aromatic N) is 1. The second-order valence-electron chi connectivity index (χ2n) is 9.36.